The van der Waals surface area contributed by atoms with Gasteiger partial charge in [-0.3, -0.25) is 14.4 Å². The summed E-state index contributed by atoms with van der Waals surface area (Å²) in [5.74, 6) is -1.60. The van der Waals surface area contributed by atoms with Crippen molar-refractivity contribution in [2.75, 3.05) is 6.61 Å². The first-order chi connectivity index (χ1) is 9.85. The number of hydrogen-bond donors (Lipinski definition) is 2. The predicted octanol–water partition coefficient (Wildman–Crippen LogP) is 0.902. The molecule has 0 aromatic heterocycles. The second-order valence-corrected chi connectivity index (χ2v) is 5.50. The highest BCUT2D eigenvalue weighted by atomic mass is 16.5. The molecule has 1 rings (SSSR count). The first-order valence-electron chi connectivity index (χ1n) is 7.22. The average molecular weight is 296 g/mol. The molecule has 1 aliphatic rings. The lowest BCUT2D eigenvalue weighted by Crippen LogP contribution is -2.64. The van der Waals surface area contributed by atoms with Crippen LogP contribution in [-0.4, -0.2) is 29.9 Å². The van der Waals surface area contributed by atoms with Gasteiger partial charge in [0.1, 0.15) is 5.54 Å². The van der Waals surface area contributed by atoms with E-state index in [0.29, 0.717) is 12.8 Å². The zero-order chi connectivity index (χ0) is 16.0. The summed E-state index contributed by atoms with van der Waals surface area (Å²) in [4.78, 5) is 35.3. The number of ether oxygens (including phenoxy) is 1. The number of nitrogens with two attached hydrogens (primary N) is 1. The predicted molar refractivity (Wildman–Crippen MR) is 78.0 cm³/mol. The number of esters is 1. The Bertz CT molecular complexity index is 435. The Balaban J connectivity index is 3.05. The molecule has 21 heavy (non-hydrogen) atoms. The van der Waals surface area contributed by atoms with Gasteiger partial charge < -0.3 is 15.8 Å². The molecule has 3 unspecified atom stereocenters. The lowest BCUT2D eigenvalue weighted by Gasteiger charge is -2.44. The highest BCUT2D eigenvalue weighted by Gasteiger charge is 2.49. The number of carbonyl (C=O) groups excluding carboxylic acids is 3. The van der Waals surface area contributed by atoms with Gasteiger partial charge in [0.15, 0.2) is 0 Å². The van der Waals surface area contributed by atoms with Crippen molar-refractivity contribution in [3.8, 4) is 0 Å². The van der Waals surface area contributed by atoms with E-state index in [0.717, 1.165) is 6.42 Å². The van der Waals surface area contributed by atoms with Crippen molar-refractivity contribution in [3.63, 3.8) is 0 Å². The lowest BCUT2D eigenvalue weighted by atomic mass is 9.66. The van der Waals surface area contributed by atoms with Crippen LogP contribution in [-0.2, 0) is 19.1 Å². The normalized spacial score (nSPS) is 28.5. The summed E-state index contributed by atoms with van der Waals surface area (Å²) in [5.41, 5.74) is 4.35. The van der Waals surface area contributed by atoms with Gasteiger partial charge in [0.05, 0.1) is 13.0 Å². The summed E-state index contributed by atoms with van der Waals surface area (Å²) in [5, 5.41) is 2.69. The van der Waals surface area contributed by atoms with Crippen LogP contribution < -0.4 is 11.1 Å². The molecule has 3 atom stereocenters. The summed E-state index contributed by atoms with van der Waals surface area (Å²) in [6.45, 7) is 7.09. The van der Waals surface area contributed by atoms with Gasteiger partial charge in [-0.05, 0) is 32.1 Å². The number of carbonyl (C=O) groups is 3. The van der Waals surface area contributed by atoms with E-state index in [1.807, 2.05) is 0 Å². The van der Waals surface area contributed by atoms with Crippen LogP contribution in [0.5, 0.6) is 0 Å². The Hall–Kier alpha value is -1.85. The third kappa shape index (κ3) is 4.06. The maximum Gasteiger partial charge on any atom is 0.306 e. The van der Waals surface area contributed by atoms with Crippen LogP contribution in [0.25, 0.3) is 0 Å². The third-order valence-corrected chi connectivity index (χ3v) is 4.06. The minimum absolute atomic E-state index is 0.0704. The molecule has 0 aromatic rings. The first kappa shape index (κ1) is 17.2. The highest BCUT2D eigenvalue weighted by Crippen LogP contribution is 2.39. The summed E-state index contributed by atoms with van der Waals surface area (Å²) < 4.78 is 4.95. The molecule has 1 fully saturated rings. The largest absolute Gasteiger partial charge is 0.466 e. The standard InChI is InChI=1S/C15H24N2O4/c1-4-11-6-7-12(8-13(19)21-5-2)15(9-11,14(16)20)17-10(3)18/h4,11-12H,1,5-9H2,2-3H3,(H2,16,20)(H,17,18). The number of primary amides is 1. The average Bonchev–Trinajstić information content (AvgIpc) is 2.40. The van der Waals surface area contributed by atoms with Crippen LogP contribution in [0.15, 0.2) is 12.7 Å². The Morgan fingerprint density at radius 1 is 1.43 bits per heavy atom. The number of rotatable bonds is 6. The van der Waals surface area contributed by atoms with E-state index in [2.05, 4.69) is 11.9 Å². The van der Waals surface area contributed by atoms with Gasteiger partial charge in [-0.2, -0.15) is 0 Å². The molecule has 0 heterocycles. The van der Waals surface area contributed by atoms with Crippen molar-refractivity contribution in [2.45, 2.75) is 45.1 Å². The van der Waals surface area contributed by atoms with Gasteiger partial charge in [0.2, 0.25) is 11.8 Å². The van der Waals surface area contributed by atoms with Gasteiger partial charge in [0, 0.05) is 12.8 Å². The summed E-state index contributed by atoms with van der Waals surface area (Å²) in [6, 6.07) is 0. The lowest BCUT2D eigenvalue weighted by molar-refractivity contribution is -0.147. The van der Waals surface area contributed by atoms with E-state index in [9.17, 15) is 14.4 Å². The van der Waals surface area contributed by atoms with Gasteiger partial charge >= 0.3 is 5.97 Å². The molecule has 6 heteroatoms. The van der Waals surface area contributed by atoms with E-state index in [1.54, 1.807) is 13.0 Å². The molecule has 0 radical (unpaired) electrons. The molecule has 0 bridgehead atoms. The van der Waals surface area contributed by atoms with Gasteiger partial charge in [0.25, 0.3) is 0 Å². The Morgan fingerprint density at radius 3 is 2.57 bits per heavy atom. The van der Waals surface area contributed by atoms with Crippen molar-refractivity contribution in [1.29, 1.82) is 0 Å². The molecule has 6 nitrogen and oxygen atoms in total. The monoisotopic (exact) mass is 296 g/mol. The maximum absolute atomic E-state index is 12.0. The number of amides is 2. The minimum atomic E-state index is -1.21. The van der Waals surface area contributed by atoms with Gasteiger partial charge in [-0.1, -0.05) is 6.08 Å². The van der Waals surface area contributed by atoms with Crippen molar-refractivity contribution >= 4 is 17.8 Å². The molecule has 0 aromatic carbocycles. The number of nitrogens with one attached hydrogen (secondary N) is 1. The second kappa shape index (κ2) is 7.24. The maximum atomic E-state index is 12.0. The molecular weight excluding hydrogens is 272 g/mol. The quantitative estimate of drug-likeness (QED) is 0.562. The molecular formula is C15H24N2O4. The summed E-state index contributed by atoms with van der Waals surface area (Å²) in [7, 11) is 0. The molecule has 0 aliphatic heterocycles. The minimum Gasteiger partial charge on any atom is -0.466 e. The van der Waals surface area contributed by atoms with Crippen LogP contribution >= 0.6 is 0 Å². The van der Waals surface area contributed by atoms with E-state index in [4.69, 9.17) is 10.5 Å². The van der Waals surface area contributed by atoms with E-state index in [1.165, 1.54) is 6.92 Å². The number of hydrogen-bond acceptors (Lipinski definition) is 4. The van der Waals surface area contributed by atoms with Crippen molar-refractivity contribution < 1.29 is 19.1 Å². The summed E-state index contributed by atoms with van der Waals surface area (Å²) in [6.07, 6.45) is 3.62. The first-order valence-corrected chi connectivity index (χ1v) is 7.22. The second-order valence-electron chi connectivity index (χ2n) is 5.50. The Morgan fingerprint density at radius 2 is 2.10 bits per heavy atom. The van der Waals surface area contributed by atoms with E-state index < -0.39 is 11.4 Å². The topological polar surface area (TPSA) is 98.5 Å². The Kier molecular flexibility index (Phi) is 5.93. The van der Waals surface area contributed by atoms with Crippen molar-refractivity contribution in [1.82, 2.24) is 5.32 Å². The fraction of sp³-hybridized carbons (Fsp3) is 0.667. The zero-order valence-electron chi connectivity index (χ0n) is 12.7. The molecule has 0 spiro atoms. The fourth-order valence-electron chi connectivity index (χ4n) is 3.07. The summed E-state index contributed by atoms with van der Waals surface area (Å²) >= 11 is 0. The fourth-order valence-corrected chi connectivity index (χ4v) is 3.07. The van der Waals surface area contributed by atoms with Crippen LogP contribution in [0.1, 0.15) is 39.5 Å². The van der Waals surface area contributed by atoms with Crippen LogP contribution in [0.2, 0.25) is 0 Å². The molecule has 0 saturated heterocycles. The van der Waals surface area contributed by atoms with E-state index in [-0.39, 0.29) is 36.7 Å². The van der Waals surface area contributed by atoms with E-state index >= 15 is 0 Å². The molecule has 1 saturated carbocycles. The van der Waals surface area contributed by atoms with Crippen molar-refractivity contribution in [2.24, 2.45) is 17.6 Å². The smallest absolute Gasteiger partial charge is 0.306 e. The van der Waals surface area contributed by atoms with Gasteiger partial charge in [-0.15, -0.1) is 6.58 Å². The SMILES string of the molecule is C=CC1CCC(CC(=O)OCC)C(NC(C)=O)(C(N)=O)C1. The van der Waals surface area contributed by atoms with Crippen molar-refractivity contribution in [3.05, 3.63) is 12.7 Å². The molecule has 1 aliphatic carbocycles. The van der Waals surface area contributed by atoms with Crippen LogP contribution in [0.4, 0.5) is 0 Å². The molecule has 118 valence electrons. The van der Waals surface area contributed by atoms with Crippen LogP contribution in [0.3, 0.4) is 0 Å². The Labute approximate surface area is 125 Å². The zero-order valence-corrected chi connectivity index (χ0v) is 12.7. The third-order valence-electron chi connectivity index (χ3n) is 4.06. The number of allylic oxidation sites excluding steroid dienone is 1. The molecule has 3 N–H and O–H groups in total. The highest BCUT2D eigenvalue weighted by molar-refractivity contribution is 5.91. The van der Waals surface area contributed by atoms with Crippen LogP contribution in [0, 0.1) is 11.8 Å². The van der Waals surface area contributed by atoms with Gasteiger partial charge in [-0.25, -0.2) is 0 Å². The molecule has 2 amide bonds.